The van der Waals surface area contributed by atoms with Crippen molar-refractivity contribution < 1.29 is 22.0 Å². The molecule has 1 aromatic heterocycles. The smallest absolute Gasteiger partial charge is 0.319 e. The molecule has 0 aliphatic rings. The first-order valence-electron chi connectivity index (χ1n) is 8.36. The van der Waals surface area contributed by atoms with E-state index in [4.69, 9.17) is 4.42 Å². The van der Waals surface area contributed by atoms with E-state index in [0.29, 0.717) is 35.8 Å². The number of aromatic nitrogens is 1. The molecule has 2 N–H and O–H groups in total. The van der Waals surface area contributed by atoms with Gasteiger partial charge in [0.25, 0.3) is 0 Å². The molecule has 0 fully saturated rings. The van der Waals surface area contributed by atoms with Gasteiger partial charge in [0.1, 0.15) is 12.1 Å². The standard InChI is InChI=1S/C19H18FN3O4S/c1-28(25,26)17-8-6-15(7-9-17)23-19(24)21-11-10-16-12-27-18(22-16)13-2-4-14(20)5-3-13/h2-9,12H,10-11H2,1H3,(H2,21,23,24). The molecule has 3 aromatic rings. The molecule has 0 aliphatic heterocycles. The van der Waals surface area contributed by atoms with E-state index in [2.05, 4.69) is 15.6 Å². The lowest BCUT2D eigenvalue weighted by Crippen LogP contribution is -2.30. The Balaban J connectivity index is 1.48. The summed E-state index contributed by atoms with van der Waals surface area (Å²) >= 11 is 0. The van der Waals surface area contributed by atoms with E-state index in [-0.39, 0.29) is 10.7 Å². The average molecular weight is 403 g/mol. The monoisotopic (exact) mass is 403 g/mol. The summed E-state index contributed by atoms with van der Waals surface area (Å²) in [5, 5.41) is 5.30. The molecule has 0 aliphatic carbocycles. The normalized spacial score (nSPS) is 11.2. The Labute approximate surface area is 161 Å². The molecule has 28 heavy (non-hydrogen) atoms. The number of anilines is 1. The van der Waals surface area contributed by atoms with Gasteiger partial charge in [0.05, 0.1) is 10.6 Å². The molecule has 0 atom stereocenters. The molecule has 9 heteroatoms. The Morgan fingerprint density at radius 3 is 2.43 bits per heavy atom. The van der Waals surface area contributed by atoms with Crippen LogP contribution < -0.4 is 10.6 Å². The summed E-state index contributed by atoms with van der Waals surface area (Å²) in [5.41, 5.74) is 1.79. The Bertz CT molecular complexity index is 1060. The minimum atomic E-state index is -3.28. The van der Waals surface area contributed by atoms with Crippen molar-refractivity contribution in [3.05, 3.63) is 66.3 Å². The molecule has 7 nitrogen and oxygen atoms in total. The topological polar surface area (TPSA) is 101 Å². The highest BCUT2D eigenvalue weighted by atomic mass is 32.2. The summed E-state index contributed by atoms with van der Waals surface area (Å²) < 4.78 is 41.2. The van der Waals surface area contributed by atoms with E-state index < -0.39 is 15.9 Å². The van der Waals surface area contributed by atoms with Crippen LogP contribution in [0.25, 0.3) is 11.5 Å². The van der Waals surface area contributed by atoms with Crippen molar-refractivity contribution in [2.75, 3.05) is 18.1 Å². The lowest BCUT2D eigenvalue weighted by atomic mass is 10.2. The van der Waals surface area contributed by atoms with Crippen LogP contribution in [-0.2, 0) is 16.3 Å². The Morgan fingerprint density at radius 1 is 1.11 bits per heavy atom. The molecule has 2 aromatic carbocycles. The maximum atomic E-state index is 13.0. The average Bonchev–Trinajstić information content (AvgIpc) is 3.11. The van der Waals surface area contributed by atoms with Crippen molar-refractivity contribution in [1.82, 2.24) is 10.3 Å². The van der Waals surface area contributed by atoms with Crippen LogP contribution in [0, 0.1) is 5.82 Å². The van der Waals surface area contributed by atoms with E-state index in [9.17, 15) is 17.6 Å². The lowest BCUT2D eigenvalue weighted by Gasteiger charge is -2.07. The highest BCUT2D eigenvalue weighted by molar-refractivity contribution is 7.90. The zero-order chi connectivity index (χ0) is 20.1. The Kier molecular flexibility index (Phi) is 5.74. The largest absolute Gasteiger partial charge is 0.444 e. The SMILES string of the molecule is CS(=O)(=O)c1ccc(NC(=O)NCCc2coc(-c3ccc(F)cc3)n2)cc1. The van der Waals surface area contributed by atoms with E-state index in [1.54, 1.807) is 12.1 Å². The van der Waals surface area contributed by atoms with Gasteiger partial charge in [-0.2, -0.15) is 0 Å². The number of nitrogens with zero attached hydrogens (tertiary/aromatic N) is 1. The van der Waals surface area contributed by atoms with Crippen molar-refractivity contribution >= 4 is 21.6 Å². The predicted octanol–water partition coefficient (Wildman–Crippen LogP) is 3.25. The molecule has 1 heterocycles. The number of hydrogen-bond donors (Lipinski definition) is 2. The van der Waals surface area contributed by atoms with E-state index in [0.717, 1.165) is 6.26 Å². The molecule has 3 rings (SSSR count). The summed E-state index contributed by atoms with van der Waals surface area (Å²) in [4.78, 5) is 16.4. The zero-order valence-corrected chi connectivity index (χ0v) is 15.8. The second-order valence-electron chi connectivity index (χ2n) is 6.08. The van der Waals surface area contributed by atoms with Crippen LogP contribution in [0.2, 0.25) is 0 Å². The third-order valence-corrected chi connectivity index (χ3v) is 4.98. The van der Waals surface area contributed by atoms with Gasteiger partial charge in [-0.15, -0.1) is 0 Å². The maximum Gasteiger partial charge on any atom is 0.319 e. The van der Waals surface area contributed by atoms with E-state index in [1.807, 2.05) is 0 Å². The van der Waals surface area contributed by atoms with Crippen molar-refractivity contribution in [3.63, 3.8) is 0 Å². The number of urea groups is 1. The van der Waals surface area contributed by atoms with Gasteiger partial charge >= 0.3 is 6.03 Å². The molecule has 0 saturated carbocycles. The summed E-state index contributed by atoms with van der Waals surface area (Å²) in [6.45, 7) is 0.322. The fourth-order valence-corrected chi connectivity index (χ4v) is 3.04. The van der Waals surface area contributed by atoms with Crippen molar-refractivity contribution in [3.8, 4) is 11.5 Å². The van der Waals surface area contributed by atoms with Gasteiger partial charge in [-0.05, 0) is 48.5 Å². The first-order valence-corrected chi connectivity index (χ1v) is 10.3. The molecular weight excluding hydrogens is 385 g/mol. The third-order valence-electron chi connectivity index (χ3n) is 3.85. The highest BCUT2D eigenvalue weighted by Gasteiger charge is 2.09. The molecule has 2 amide bonds. The number of carbonyl (C=O) groups is 1. The summed E-state index contributed by atoms with van der Waals surface area (Å²) in [6, 6.07) is 11.3. The number of benzene rings is 2. The molecule has 146 valence electrons. The minimum Gasteiger partial charge on any atom is -0.444 e. The van der Waals surface area contributed by atoms with E-state index >= 15 is 0 Å². The van der Waals surface area contributed by atoms with Gasteiger partial charge < -0.3 is 15.1 Å². The van der Waals surface area contributed by atoms with Crippen molar-refractivity contribution in [2.45, 2.75) is 11.3 Å². The van der Waals surface area contributed by atoms with Crippen LogP contribution in [0.15, 0.2) is 64.1 Å². The molecule has 0 unspecified atom stereocenters. The molecule has 0 saturated heterocycles. The van der Waals surface area contributed by atoms with Crippen LogP contribution in [0.5, 0.6) is 0 Å². The third kappa shape index (κ3) is 5.17. The lowest BCUT2D eigenvalue weighted by molar-refractivity contribution is 0.252. The Morgan fingerprint density at radius 2 is 1.79 bits per heavy atom. The fourth-order valence-electron chi connectivity index (χ4n) is 2.41. The Hall–Kier alpha value is -3.20. The number of rotatable bonds is 6. The van der Waals surface area contributed by atoms with Gasteiger partial charge in [-0.3, -0.25) is 0 Å². The van der Waals surface area contributed by atoms with Crippen molar-refractivity contribution in [1.29, 1.82) is 0 Å². The zero-order valence-electron chi connectivity index (χ0n) is 15.0. The van der Waals surface area contributed by atoms with E-state index in [1.165, 1.54) is 42.7 Å². The van der Waals surface area contributed by atoms with Gasteiger partial charge in [0, 0.05) is 30.5 Å². The number of halogens is 1. The number of sulfone groups is 1. The van der Waals surface area contributed by atoms with Crippen LogP contribution in [0.3, 0.4) is 0 Å². The molecule has 0 bridgehead atoms. The summed E-state index contributed by atoms with van der Waals surface area (Å²) in [5.74, 6) is 0.0436. The number of nitrogens with one attached hydrogen (secondary N) is 2. The second-order valence-corrected chi connectivity index (χ2v) is 8.09. The first-order chi connectivity index (χ1) is 13.3. The number of hydrogen-bond acceptors (Lipinski definition) is 5. The quantitative estimate of drug-likeness (QED) is 0.658. The summed E-state index contributed by atoms with van der Waals surface area (Å²) in [7, 11) is -3.28. The molecule has 0 radical (unpaired) electrons. The van der Waals surface area contributed by atoms with Gasteiger partial charge in [-0.25, -0.2) is 22.6 Å². The van der Waals surface area contributed by atoms with Gasteiger partial charge in [-0.1, -0.05) is 0 Å². The van der Waals surface area contributed by atoms with Crippen LogP contribution >= 0.6 is 0 Å². The van der Waals surface area contributed by atoms with Gasteiger partial charge in [0.2, 0.25) is 5.89 Å². The molecular formula is C19H18FN3O4S. The predicted molar refractivity (Wildman–Crippen MR) is 102 cm³/mol. The number of oxazole rings is 1. The maximum absolute atomic E-state index is 13.0. The summed E-state index contributed by atoms with van der Waals surface area (Å²) in [6.07, 6.45) is 3.06. The fraction of sp³-hybridized carbons (Fsp3) is 0.158. The van der Waals surface area contributed by atoms with Crippen molar-refractivity contribution in [2.24, 2.45) is 0 Å². The van der Waals surface area contributed by atoms with Gasteiger partial charge in [0.15, 0.2) is 9.84 Å². The molecule has 0 spiro atoms. The van der Waals surface area contributed by atoms with Crippen LogP contribution in [0.4, 0.5) is 14.9 Å². The minimum absolute atomic E-state index is 0.182. The first kappa shape index (κ1) is 19.6. The number of carbonyl (C=O) groups excluding carboxylic acids is 1. The second kappa shape index (κ2) is 8.22. The van der Waals surface area contributed by atoms with Crippen LogP contribution in [-0.4, -0.2) is 32.2 Å². The highest BCUT2D eigenvalue weighted by Crippen LogP contribution is 2.19. The number of amides is 2. The van der Waals surface area contributed by atoms with Crippen LogP contribution in [0.1, 0.15) is 5.69 Å².